The number of hydrogen-bond donors (Lipinski definition) is 3. The molecular formula is C22H33ClN4O3. The Morgan fingerprint density at radius 1 is 1.50 bits per heavy atom. The van der Waals surface area contributed by atoms with Crippen LogP contribution in [-0.2, 0) is 16.8 Å². The van der Waals surface area contributed by atoms with Crippen molar-refractivity contribution in [2.75, 3.05) is 26.2 Å². The molecule has 1 aromatic rings. The number of aliphatic hydroxyl groups is 2. The third-order valence-electron chi connectivity index (χ3n) is 6.23. The van der Waals surface area contributed by atoms with E-state index in [2.05, 4.69) is 34.1 Å². The molecule has 166 valence electrons. The highest BCUT2D eigenvalue weighted by Crippen LogP contribution is 2.44. The number of benzene rings is 1. The van der Waals surface area contributed by atoms with Crippen LogP contribution in [0.15, 0.2) is 28.3 Å². The summed E-state index contributed by atoms with van der Waals surface area (Å²) < 4.78 is 6.34. The van der Waals surface area contributed by atoms with Gasteiger partial charge in [-0.3, -0.25) is 9.89 Å². The van der Waals surface area contributed by atoms with Crippen molar-refractivity contribution >= 4 is 23.5 Å². The molecule has 2 aliphatic rings. The second-order valence-corrected chi connectivity index (χ2v) is 9.39. The molecule has 0 amide bonds. The van der Waals surface area contributed by atoms with Gasteiger partial charge >= 0.3 is 0 Å². The van der Waals surface area contributed by atoms with Gasteiger partial charge in [-0.05, 0) is 63.3 Å². The molecule has 2 aliphatic heterocycles. The van der Waals surface area contributed by atoms with E-state index in [1.54, 1.807) is 20.1 Å². The third-order valence-corrected chi connectivity index (χ3v) is 6.46. The lowest BCUT2D eigenvalue weighted by Gasteiger charge is -2.48. The SMILES string of the molecule is C[C@H]1CC2(CCN1C/C(C=NCC(O)C(C)(C)O)=N/N)OCCc1ccc(Cl)cc12. The topological polar surface area (TPSA) is 104 Å². The third kappa shape index (κ3) is 5.21. The second kappa shape index (κ2) is 9.32. The Kier molecular flexibility index (Phi) is 7.20. The number of rotatable bonds is 6. The monoisotopic (exact) mass is 436 g/mol. The zero-order chi connectivity index (χ0) is 21.9. The summed E-state index contributed by atoms with van der Waals surface area (Å²) >= 11 is 6.29. The van der Waals surface area contributed by atoms with Gasteiger partial charge in [0.1, 0.15) is 6.10 Å². The predicted molar refractivity (Wildman–Crippen MR) is 120 cm³/mol. The van der Waals surface area contributed by atoms with Gasteiger partial charge in [0, 0.05) is 30.4 Å². The van der Waals surface area contributed by atoms with E-state index >= 15 is 0 Å². The Morgan fingerprint density at radius 3 is 2.93 bits per heavy atom. The fourth-order valence-electron chi connectivity index (χ4n) is 4.29. The van der Waals surface area contributed by atoms with Crippen LogP contribution in [0.3, 0.4) is 0 Å². The van der Waals surface area contributed by atoms with E-state index in [-0.39, 0.29) is 18.2 Å². The number of nitrogens with zero attached hydrogens (tertiary/aromatic N) is 3. The zero-order valence-electron chi connectivity index (χ0n) is 18.0. The molecule has 1 aromatic carbocycles. The molecule has 3 rings (SSSR count). The highest BCUT2D eigenvalue weighted by Gasteiger charge is 2.43. The molecule has 1 saturated heterocycles. The number of aliphatic hydroxyl groups excluding tert-OH is 1. The predicted octanol–water partition coefficient (Wildman–Crippen LogP) is 2.11. The molecule has 4 N–H and O–H groups in total. The number of fused-ring (bicyclic) bond motifs is 2. The van der Waals surface area contributed by atoms with Crippen LogP contribution in [0.1, 0.15) is 44.7 Å². The lowest BCUT2D eigenvalue weighted by Crippen LogP contribution is -2.52. The molecule has 0 aliphatic carbocycles. The first-order chi connectivity index (χ1) is 14.1. The molecule has 30 heavy (non-hydrogen) atoms. The summed E-state index contributed by atoms with van der Waals surface area (Å²) in [5, 5.41) is 24.3. The van der Waals surface area contributed by atoms with Gasteiger partial charge < -0.3 is 20.8 Å². The summed E-state index contributed by atoms with van der Waals surface area (Å²) in [7, 11) is 0. The summed E-state index contributed by atoms with van der Waals surface area (Å²) in [4.78, 5) is 6.53. The first-order valence-corrected chi connectivity index (χ1v) is 10.9. The van der Waals surface area contributed by atoms with Crippen molar-refractivity contribution < 1.29 is 14.9 Å². The van der Waals surface area contributed by atoms with Gasteiger partial charge in [0.15, 0.2) is 0 Å². The molecule has 0 radical (unpaired) electrons. The Hall–Kier alpha value is -1.51. The molecule has 1 spiro atoms. The first kappa shape index (κ1) is 23.2. The lowest BCUT2D eigenvalue weighted by atomic mass is 9.77. The average molecular weight is 437 g/mol. The molecule has 3 atom stereocenters. The van der Waals surface area contributed by atoms with Gasteiger partial charge in [-0.2, -0.15) is 5.10 Å². The van der Waals surface area contributed by atoms with Gasteiger partial charge in [-0.1, -0.05) is 17.7 Å². The Morgan fingerprint density at radius 2 is 2.27 bits per heavy atom. The van der Waals surface area contributed by atoms with Crippen molar-refractivity contribution in [3.05, 3.63) is 34.3 Å². The number of nitrogens with two attached hydrogens (primary N) is 1. The molecule has 2 heterocycles. The van der Waals surface area contributed by atoms with Crippen LogP contribution in [0.25, 0.3) is 0 Å². The van der Waals surface area contributed by atoms with Crippen molar-refractivity contribution in [3.8, 4) is 0 Å². The standard InChI is InChI=1S/C22H33ClN4O3/c1-15-11-22(19-10-17(23)5-4-16(19)6-9-30-22)7-8-27(15)14-18(26-24)12-25-13-20(28)21(2,3)29/h4-5,10,12,15,20,28-29H,6-9,11,13-14,24H2,1-3H3/b25-12?,26-18+/t15-,20?,22?/m0/s1. The van der Waals surface area contributed by atoms with E-state index in [0.717, 1.165) is 37.4 Å². The van der Waals surface area contributed by atoms with E-state index < -0.39 is 11.7 Å². The second-order valence-electron chi connectivity index (χ2n) is 8.95. The van der Waals surface area contributed by atoms with Crippen LogP contribution >= 0.6 is 11.6 Å². The van der Waals surface area contributed by atoms with Crippen molar-refractivity contribution in [2.24, 2.45) is 15.9 Å². The summed E-state index contributed by atoms with van der Waals surface area (Å²) in [6.07, 6.45) is 3.29. The van der Waals surface area contributed by atoms with Gasteiger partial charge in [-0.25, -0.2) is 0 Å². The number of aliphatic imine (C=N–C) groups is 1. The van der Waals surface area contributed by atoms with E-state index in [1.165, 1.54) is 11.1 Å². The summed E-state index contributed by atoms with van der Waals surface area (Å²) in [6, 6.07) is 6.40. The summed E-state index contributed by atoms with van der Waals surface area (Å²) in [6.45, 7) is 7.51. The molecule has 1 fully saturated rings. The number of hydrazone groups is 1. The smallest absolute Gasteiger partial charge is 0.102 e. The van der Waals surface area contributed by atoms with Crippen LogP contribution in [0.5, 0.6) is 0 Å². The van der Waals surface area contributed by atoms with E-state index in [9.17, 15) is 10.2 Å². The molecule has 0 aromatic heterocycles. The highest BCUT2D eigenvalue weighted by molar-refractivity contribution is 6.31. The zero-order valence-corrected chi connectivity index (χ0v) is 18.8. The van der Waals surface area contributed by atoms with E-state index in [1.807, 2.05) is 6.07 Å². The van der Waals surface area contributed by atoms with Gasteiger partial charge in [0.25, 0.3) is 0 Å². The number of piperidine rings is 1. The maximum atomic E-state index is 9.91. The number of hydrogen-bond acceptors (Lipinski definition) is 7. The molecule has 0 saturated carbocycles. The quantitative estimate of drug-likeness (QED) is 0.360. The minimum Gasteiger partial charge on any atom is -0.388 e. The van der Waals surface area contributed by atoms with Crippen LogP contribution in [0.2, 0.25) is 5.02 Å². The minimum absolute atomic E-state index is 0.0898. The minimum atomic E-state index is -1.20. The Bertz CT molecular complexity index is 808. The summed E-state index contributed by atoms with van der Waals surface area (Å²) in [5.41, 5.74) is 1.69. The van der Waals surface area contributed by atoms with Crippen LogP contribution in [0.4, 0.5) is 0 Å². The molecular weight excluding hydrogens is 404 g/mol. The Balaban J connectivity index is 1.64. The van der Waals surface area contributed by atoms with Crippen LogP contribution in [0, 0.1) is 0 Å². The van der Waals surface area contributed by atoms with Crippen molar-refractivity contribution in [1.82, 2.24) is 4.90 Å². The normalized spacial score (nSPS) is 26.9. The van der Waals surface area contributed by atoms with Crippen molar-refractivity contribution in [2.45, 2.75) is 63.4 Å². The highest BCUT2D eigenvalue weighted by atomic mass is 35.5. The van der Waals surface area contributed by atoms with E-state index in [4.69, 9.17) is 22.2 Å². The van der Waals surface area contributed by atoms with E-state index in [0.29, 0.717) is 12.3 Å². The molecule has 7 nitrogen and oxygen atoms in total. The fraction of sp³-hybridized carbons (Fsp3) is 0.636. The number of ether oxygens (including phenoxy) is 1. The molecule has 2 unspecified atom stereocenters. The van der Waals surface area contributed by atoms with Crippen molar-refractivity contribution in [3.63, 3.8) is 0 Å². The lowest BCUT2D eigenvalue weighted by molar-refractivity contribution is -0.109. The maximum absolute atomic E-state index is 9.91. The average Bonchev–Trinajstić information content (AvgIpc) is 2.69. The number of halogens is 1. The molecule has 0 bridgehead atoms. The maximum Gasteiger partial charge on any atom is 0.102 e. The van der Waals surface area contributed by atoms with Gasteiger partial charge in [-0.15, -0.1) is 0 Å². The van der Waals surface area contributed by atoms with Crippen molar-refractivity contribution in [1.29, 1.82) is 0 Å². The summed E-state index contributed by atoms with van der Waals surface area (Å²) in [5.74, 6) is 5.57. The van der Waals surface area contributed by atoms with Crippen LogP contribution < -0.4 is 5.84 Å². The van der Waals surface area contributed by atoms with Gasteiger partial charge in [0.2, 0.25) is 0 Å². The van der Waals surface area contributed by atoms with Crippen LogP contribution in [-0.4, -0.2) is 71.0 Å². The largest absolute Gasteiger partial charge is 0.388 e. The fourth-order valence-corrected chi connectivity index (χ4v) is 4.46. The molecule has 8 heteroatoms. The first-order valence-electron chi connectivity index (χ1n) is 10.5. The number of likely N-dealkylation sites (tertiary alicyclic amines) is 1. The van der Waals surface area contributed by atoms with Gasteiger partial charge in [0.05, 0.1) is 30.1 Å². The Labute approximate surface area is 183 Å².